The average Bonchev–Trinajstić information content (AvgIpc) is 2.12. The Kier molecular flexibility index (Phi) is 3.71. The zero-order chi connectivity index (χ0) is 14.1. The van der Waals surface area contributed by atoms with Crippen LogP contribution < -0.4 is 11.1 Å². The van der Waals surface area contributed by atoms with Crippen molar-refractivity contribution in [3.63, 3.8) is 0 Å². The summed E-state index contributed by atoms with van der Waals surface area (Å²) in [6.07, 6.45) is 1.09. The van der Waals surface area contributed by atoms with E-state index in [2.05, 4.69) is 5.32 Å². The molecular formula is C12H18N2O3S. The highest BCUT2D eigenvalue weighted by Crippen LogP contribution is 2.18. The van der Waals surface area contributed by atoms with E-state index in [4.69, 9.17) is 5.73 Å². The largest absolute Gasteiger partial charge is 0.398 e. The Morgan fingerprint density at radius 1 is 1.28 bits per heavy atom. The fourth-order valence-electron chi connectivity index (χ4n) is 1.39. The van der Waals surface area contributed by atoms with Crippen LogP contribution in [0.5, 0.6) is 0 Å². The maximum absolute atomic E-state index is 11.9. The average molecular weight is 270 g/mol. The highest BCUT2D eigenvalue weighted by Gasteiger charge is 2.18. The summed E-state index contributed by atoms with van der Waals surface area (Å²) in [5.74, 6) is -0.319. The molecule has 0 fully saturated rings. The number of nitrogens with two attached hydrogens (primary N) is 1. The number of carbonyl (C=O) groups is 1. The number of nitrogen functional groups attached to an aromatic ring is 1. The molecular weight excluding hydrogens is 252 g/mol. The second kappa shape index (κ2) is 4.61. The van der Waals surface area contributed by atoms with Gasteiger partial charge in [-0.25, -0.2) is 8.42 Å². The molecule has 100 valence electrons. The van der Waals surface area contributed by atoms with Crippen molar-refractivity contribution in [3.8, 4) is 0 Å². The Labute approximate surface area is 107 Å². The van der Waals surface area contributed by atoms with Crippen molar-refractivity contribution in [2.45, 2.75) is 31.2 Å². The van der Waals surface area contributed by atoms with Crippen LogP contribution >= 0.6 is 0 Å². The van der Waals surface area contributed by atoms with E-state index in [9.17, 15) is 13.2 Å². The fourth-order valence-corrected chi connectivity index (χ4v) is 2.04. The number of carbonyl (C=O) groups excluding carboxylic acids is 1. The summed E-state index contributed by atoms with van der Waals surface area (Å²) >= 11 is 0. The quantitative estimate of drug-likeness (QED) is 0.790. The van der Waals surface area contributed by atoms with Gasteiger partial charge in [-0.05, 0) is 39.0 Å². The van der Waals surface area contributed by atoms with Crippen LogP contribution in [0.25, 0.3) is 0 Å². The molecule has 5 nitrogen and oxygen atoms in total. The van der Waals surface area contributed by atoms with Crippen LogP contribution in [0.2, 0.25) is 0 Å². The minimum absolute atomic E-state index is 0.104. The molecule has 0 radical (unpaired) electrons. The Morgan fingerprint density at radius 3 is 2.22 bits per heavy atom. The number of benzene rings is 1. The van der Waals surface area contributed by atoms with Gasteiger partial charge >= 0.3 is 0 Å². The Morgan fingerprint density at radius 2 is 1.83 bits per heavy atom. The molecule has 0 unspecified atom stereocenters. The number of hydrogen-bond donors (Lipinski definition) is 2. The van der Waals surface area contributed by atoms with Crippen LogP contribution in [0.4, 0.5) is 5.69 Å². The summed E-state index contributed by atoms with van der Waals surface area (Å²) in [5.41, 5.74) is 5.76. The van der Waals surface area contributed by atoms with Crippen LogP contribution in [0, 0.1) is 0 Å². The second-order valence-electron chi connectivity index (χ2n) is 5.23. The van der Waals surface area contributed by atoms with Gasteiger partial charge in [0.2, 0.25) is 0 Å². The van der Waals surface area contributed by atoms with Gasteiger partial charge < -0.3 is 11.1 Å². The van der Waals surface area contributed by atoms with E-state index in [1.54, 1.807) is 0 Å². The lowest BCUT2D eigenvalue weighted by Gasteiger charge is -2.21. The summed E-state index contributed by atoms with van der Waals surface area (Å²) in [5, 5.41) is 2.77. The van der Waals surface area contributed by atoms with Crippen molar-refractivity contribution >= 4 is 21.4 Å². The monoisotopic (exact) mass is 270 g/mol. The number of anilines is 1. The van der Waals surface area contributed by atoms with E-state index in [1.165, 1.54) is 18.2 Å². The first-order valence-electron chi connectivity index (χ1n) is 5.43. The van der Waals surface area contributed by atoms with E-state index in [-0.39, 0.29) is 27.6 Å². The van der Waals surface area contributed by atoms with Crippen LogP contribution in [0.1, 0.15) is 31.1 Å². The SMILES string of the molecule is CC(C)(C)NC(=O)c1ccc(S(C)(=O)=O)cc1N. The molecule has 0 aliphatic carbocycles. The molecule has 0 aliphatic heterocycles. The highest BCUT2D eigenvalue weighted by molar-refractivity contribution is 7.90. The summed E-state index contributed by atoms with van der Waals surface area (Å²) in [6, 6.07) is 4.10. The van der Waals surface area contributed by atoms with E-state index >= 15 is 0 Å². The first kappa shape index (κ1) is 14.5. The second-order valence-corrected chi connectivity index (χ2v) is 7.24. The molecule has 0 heterocycles. The van der Waals surface area contributed by atoms with Gasteiger partial charge in [0.25, 0.3) is 5.91 Å². The standard InChI is InChI=1S/C12H18N2O3S/c1-12(2,3)14-11(15)9-6-5-8(7-10(9)13)18(4,16)17/h5-7H,13H2,1-4H3,(H,14,15). The van der Waals surface area contributed by atoms with Crippen LogP contribution in [0.15, 0.2) is 23.1 Å². The molecule has 0 spiro atoms. The fraction of sp³-hybridized carbons (Fsp3) is 0.417. The molecule has 18 heavy (non-hydrogen) atoms. The lowest BCUT2D eigenvalue weighted by atomic mass is 10.1. The lowest BCUT2D eigenvalue weighted by Crippen LogP contribution is -2.40. The molecule has 0 saturated carbocycles. The van der Waals surface area contributed by atoms with Crippen LogP contribution in [-0.2, 0) is 9.84 Å². The van der Waals surface area contributed by atoms with Crippen molar-refractivity contribution in [1.29, 1.82) is 0 Å². The topological polar surface area (TPSA) is 89.3 Å². The molecule has 0 saturated heterocycles. The van der Waals surface area contributed by atoms with Crippen LogP contribution in [0.3, 0.4) is 0 Å². The summed E-state index contributed by atoms with van der Waals surface area (Å²) in [6.45, 7) is 5.56. The third kappa shape index (κ3) is 3.73. The van der Waals surface area contributed by atoms with Crippen molar-refractivity contribution in [2.75, 3.05) is 12.0 Å². The molecule has 1 rings (SSSR count). The van der Waals surface area contributed by atoms with E-state index in [0.29, 0.717) is 0 Å². The van der Waals surface area contributed by atoms with E-state index < -0.39 is 9.84 Å². The highest BCUT2D eigenvalue weighted by atomic mass is 32.2. The number of rotatable bonds is 2. The first-order chi connectivity index (χ1) is 8.00. The van der Waals surface area contributed by atoms with E-state index in [1.807, 2.05) is 20.8 Å². The Bertz CT molecular complexity index is 571. The van der Waals surface area contributed by atoms with Crippen molar-refractivity contribution in [3.05, 3.63) is 23.8 Å². The molecule has 0 atom stereocenters. The van der Waals surface area contributed by atoms with Gasteiger partial charge in [0.05, 0.1) is 10.5 Å². The van der Waals surface area contributed by atoms with Crippen molar-refractivity contribution in [1.82, 2.24) is 5.32 Å². The van der Waals surface area contributed by atoms with Gasteiger partial charge in [-0.2, -0.15) is 0 Å². The van der Waals surface area contributed by atoms with Crippen LogP contribution in [-0.4, -0.2) is 26.1 Å². The number of sulfone groups is 1. The Hall–Kier alpha value is -1.56. The zero-order valence-corrected chi connectivity index (χ0v) is 11.8. The van der Waals surface area contributed by atoms with Gasteiger partial charge in [0, 0.05) is 17.5 Å². The van der Waals surface area contributed by atoms with Gasteiger partial charge in [-0.3, -0.25) is 4.79 Å². The van der Waals surface area contributed by atoms with E-state index in [0.717, 1.165) is 6.26 Å². The van der Waals surface area contributed by atoms with Gasteiger partial charge in [-0.15, -0.1) is 0 Å². The number of hydrogen-bond acceptors (Lipinski definition) is 4. The molecule has 0 aromatic heterocycles. The zero-order valence-electron chi connectivity index (χ0n) is 10.9. The molecule has 6 heteroatoms. The molecule has 1 aromatic carbocycles. The molecule has 1 amide bonds. The van der Waals surface area contributed by atoms with Crippen molar-refractivity contribution in [2.24, 2.45) is 0 Å². The molecule has 0 bridgehead atoms. The van der Waals surface area contributed by atoms with Crippen molar-refractivity contribution < 1.29 is 13.2 Å². The molecule has 1 aromatic rings. The third-order valence-corrected chi connectivity index (χ3v) is 3.29. The molecule has 0 aliphatic rings. The summed E-state index contributed by atoms with van der Waals surface area (Å²) in [4.78, 5) is 12.0. The molecule has 3 N–H and O–H groups in total. The number of amides is 1. The minimum Gasteiger partial charge on any atom is -0.398 e. The Balaban J connectivity index is 3.11. The number of nitrogens with one attached hydrogen (secondary N) is 1. The maximum atomic E-state index is 11.9. The predicted octanol–water partition coefficient (Wildman–Crippen LogP) is 1.20. The lowest BCUT2D eigenvalue weighted by molar-refractivity contribution is 0.0920. The summed E-state index contributed by atoms with van der Waals surface area (Å²) in [7, 11) is -3.31. The summed E-state index contributed by atoms with van der Waals surface area (Å²) < 4.78 is 22.7. The third-order valence-electron chi connectivity index (χ3n) is 2.18. The maximum Gasteiger partial charge on any atom is 0.253 e. The normalized spacial score (nSPS) is 12.2. The first-order valence-corrected chi connectivity index (χ1v) is 7.32. The van der Waals surface area contributed by atoms with Gasteiger partial charge in [0.1, 0.15) is 0 Å². The smallest absolute Gasteiger partial charge is 0.253 e. The predicted molar refractivity (Wildman–Crippen MR) is 71.2 cm³/mol. The van der Waals surface area contributed by atoms with Gasteiger partial charge in [0.15, 0.2) is 9.84 Å². The minimum atomic E-state index is -3.31. The van der Waals surface area contributed by atoms with Gasteiger partial charge in [-0.1, -0.05) is 0 Å².